The Bertz CT molecular complexity index is 1210. The van der Waals surface area contributed by atoms with Crippen LogP contribution in [0.2, 0.25) is 0 Å². The molecule has 0 spiro atoms. The zero-order valence-electron chi connectivity index (χ0n) is 27.1. The van der Waals surface area contributed by atoms with Crippen molar-refractivity contribution < 1.29 is 4.58 Å². The van der Waals surface area contributed by atoms with Crippen molar-refractivity contribution in [2.24, 2.45) is 0 Å². The molecule has 0 aromatic heterocycles. The number of rotatable bonds is 9. The van der Waals surface area contributed by atoms with Gasteiger partial charge in [0.15, 0.2) is 5.71 Å². The summed E-state index contributed by atoms with van der Waals surface area (Å²) in [7, 11) is 0. The monoisotopic (exact) mass is 558 g/mol. The fourth-order valence-corrected chi connectivity index (χ4v) is 7.39. The fourth-order valence-electron chi connectivity index (χ4n) is 7.39. The van der Waals surface area contributed by atoms with Crippen molar-refractivity contribution in [1.82, 2.24) is 4.90 Å². The van der Waals surface area contributed by atoms with E-state index in [1.54, 1.807) is 5.71 Å². The van der Waals surface area contributed by atoms with Gasteiger partial charge in [0.05, 0.1) is 6.42 Å². The number of hydrogen-bond acceptors (Lipinski definition) is 1. The van der Waals surface area contributed by atoms with Gasteiger partial charge in [-0.2, -0.15) is 21.9 Å². The minimum Gasteiger partial charge on any atom is -0.286 e. The van der Waals surface area contributed by atoms with E-state index in [9.17, 15) is 0 Å². The van der Waals surface area contributed by atoms with Crippen LogP contribution >= 0.6 is 0 Å². The van der Waals surface area contributed by atoms with Crippen LogP contribution in [0.1, 0.15) is 61.8 Å². The summed E-state index contributed by atoms with van der Waals surface area (Å²) in [6, 6.07) is 46.7. The Morgan fingerprint density at radius 3 is 1.02 bits per heavy atom. The first-order valence-electron chi connectivity index (χ1n) is 16.0. The van der Waals surface area contributed by atoms with Crippen molar-refractivity contribution >= 4 is 33.7 Å². The van der Waals surface area contributed by atoms with Crippen LogP contribution in [-0.4, -0.2) is 51.5 Å². The molecule has 3 heteroatoms. The topological polar surface area (TPSA) is 6.25 Å². The lowest BCUT2D eigenvalue weighted by molar-refractivity contribution is -0.586. The molecule has 0 N–H and O–H groups in total. The van der Waals surface area contributed by atoms with Gasteiger partial charge in [-0.25, -0.2) is 4.58 Å². The van der Waals surface area contributed by atoms with Crippen molar-refractivity contribution in [3.8, 4) is 0 Å². The highest BCUT2D eigenvalue weighted by Crippen LogP contribution is 2.29. The highest BCUT2D eigenvalue weighted by Gasteiger charge is 2.48. The number of nitrogens with zero attached hydrogens (tertiary/aromatic N) is 2. The van der Waals surface area contributed by atoms with Crippen molar-refractivity contribution in [3.63, 3.8) is 0 Å². The predicted molar refractivity (Wildman–Crippen MR) is 186 cm³/mol. The van der Waals surface area contributed by atoms with E-state index in [0.717, 1.165) is 0 Å². The Hall–Kier alpha value is -3.43. The first kappa shape index (κ1) is 31.5. The van der Waals surface area contributed by atoms with Crippen LogP contribution in [0.15, 0.2) is 121 Å². The third kappa shape index (κ3) is 6.79. The van der Waals surface area contributed by atoms with E-state index >= 15 is 0 Å². The Morgan fingerprint density at radius 2 is 0.786 bits per heavy atom. The zero-order chi connectivity index (χ0) is 30.3. The maximum Gasteiger partial charge on any atom is 0.172 e. The zero-order valence-corrected chi connectivity index (χ0v) is 27.1. The third-order valence-corrected chi connectivity index (χ3v) is 8.82. The van der Waals surface area contributed by atoms with Crippen molar-refractivity contribution in [1.29, 1.82) is 0 Å². The van der Waals surface area contributed by atoms with E-state index in [4.69, 9.17) is 0 Å². The van der Waals surface area contributed by atoms with Gasteiger partial charge >= 0.3 is 0 Å². The maximum atomic E-state index is 2.65. The van der Waals surface area contributed by atoms with E-state index in [0.29, 0.717) is 30.2 Å². The van der Waals surface area contributed by atoms with E-state index in [-0.39, 0.29) is 0 Å². The van der Waals surface area contributed by atoms with Gasteiger partial charge in [-0.3, -0.25) is 4.90 Å². The van der Waals surface area contributed by atoms with Crippen LogP contribution in [0, 0.1) is 0 Å². The molecule has 0 aliphatic heterocycles. The van der Waals surface area contributed by atoms with Crippen molar-refractivity contribution in [2.45, 2.75) is 92.0 Å². The average Bonchev–Trinajstić information content (AvgIpc) is 3.74. The van der Waals surface area contributed by atoms with Gasteiger partial charge in [0, 0.05) is 12.1 Å². The molecule has 1 fully saturated rings. The smallest absolute Gasteiger partial charge is 0.172 e. The molecule has 220 valence electrons. The summed E-state index contributed by atoms with van der Waals surface area (Å²) in [5.41, 5.74) is 7.01. The van der Waals surface area contributed by atoms with Crippen LogP contribution in [0.4, 0.5) is 0 Å². The summed E-state index contributed by atoms with van der Waals surface area (Å²) in [6.45, 7) is 18.5. The Balaban J connectivity index is 0.000000209. The van der Waals surface area contributed by atoms with Gasteiger partial charge in [0.2, 0.25) is 0 Å². The van der Waals surface area contributed by atoms with Crippen LogP contribution in [-0.2, 0) is 0 Å². The second kappa shape index (κ2) is 14.2. The van der Waals surface area contributed by atoms with E-state index < -0.39 is 6.15 Å². The van der Waals surface area contributed by atoms with Gasteiger partial charge < -0.3 is 0 Å². The Kier molecular flexibility index (Phi) is 10.6. The average molecular weight is 559 g/mol. The van der Waals surface area contributed by atoms with Crippen LogP contribution < -0.4 is 21.9 Å². The van der Waals surface area contributed by atoms with Gasteiger partial charge in [-0.05, 0) is 55.4 Å². The standard InChI is InChI=1S/C24H20B.C15H31N2/c1-5-13-21(14-6-1)25(22-15-7-2-8-16-22,23-17-9-3-10-18-23)24-19-11-4-12-20-24;1-10(2)16(11(3)4)14-9-15(14)17(12(5)6)13(7)8/h1-20H;10-14H,9H2,1-8H3/q-1;+1. The summed E-state index contributed by atoms with van der Waals surface area (Å²) in [4.78, 5) is 2.65. The lowest BCUT2D eigenvalue weighted by Gasteiger charge is -2.44. The molecule has 0 amide bonds. The lowest BCUT2D eigenvalue weighted by Crippen LogP contribution is -2.74. The third-order valence-electron chi connectivity index (χ3n) is 8.82. The van der Waals surface area contributed by atoms with Crippen LogP contribution in [0.5, 0.6) is 0 Å². The Labute approximate surface area is 256 Å². The highest BCUT2D eigenvalue weighted by atomic mass is 15.3. The van der Waals surface area contributed by atoms with E-state index in [1.165, 1.54) is 28.3 Å². The minimum atomic E-state index is -1.22. The summed E-state index contributed by atoms with van der Waals surface area (Å²) in [5, 5.41) is 0. The minimum absolute atomic E-state index is 0.621. The first-order valence-corrected chi connectivity index (χ1v) is 16.0. The molecule has 0 bridgehead atoms. The molecule has 42 heavy (non-hydrogen) atoms. The normalized spacial score (nSPS) is 14.9. The molecule has 4 aromatic rings. The lowest BCUT2D eigenvalue weighted by atomic mass is 9.13. The molecule has 1 aliphatic carbocycles. The molecular weight excluding hydrogens is 507 g/mol. The Morgan fingerprint density at radius 1 is 0.500 bits per heavy atom. The summed E-state index contributed by atoms with van der Waals surface area (Å²) < 4.78 is 2.60. The molecule has 0 saturated heterocycles. The van der Waals surface area contributed by atoms with Crippen LogP contribution in [0.25, 0.3) is 0 Å². The maximum absolute atomic E-state index is 2.65. The highest BCUT2D eigenvalue weighted by molar-refractivity contribution is 7.19. The SMILES string of the molecule is CC(C)N(C(C)C)C1CC1=[N+](C(C)C)C(C)C.c1ccc([B-](c2ccccc2)(c2ccccc2)c2ccccc2)cc1. The molecular formula is C39H51BN2. The molecule has 0 heterocycles. The first-order chi connectivity index (χ1) is 20.2. The largest absolute Gasteiger partial charge is 0.286 e. The summed E-state index contributed by atoms with van der Waals surface area (Å²) in [5.74, 6) is 0. The van der Waals surface area contributed by atoms with Gasteiger partial charge in [-0.1, -0.05) is 121 Å². The van der Waals surface area contributed by atoms with Crippen molar-refractivity contribution in [2.75, 3.05) is 0 Å². The number of benzene rings is 4. The number of hydrogen-bond donors (Lipinski definition) is 0. The van der Waals surface area contributed by atoms with E-state index in [1.807, 2.05) is 0 Å². The second-order valence-electron chi connectivity index (χ2n) is 12.9. The second-order valence-corrected chi connectivity index (χ2v) is 12.9. The predicted octanol–water partition coefficient (Wildman–Crippen LogP) is 6.21. The molecule has 5 rings (SSSR count). The molecule has 1 atom stereocenters. The molecule has 4 aromatic carbocycles. The quantitative estimate of drug-likeness (QED) is 0.175. The molecule has 1 saturated carbocycles. The van der Waals surface area contributed by atoms with Crippen LogP contribution in [0.3, 0.4) is 0 Å². The van der Waals surface area contributed by atoms with Crippen molar-refractivity contribution in [3.05, 3.63) is 121 Å². The summed E-state index contributed by atoms with van der Waals surface area (Å²) >= 11 is 0. The molecule has 1 aliphatic rings. The summed E-state index contributed by atoms with van der Waals surface area (Å²) in [6.07, 6.45) is 0.0550. The van der Waals surface area contributed by atoms with E-state index in [2.05, 4.69) is 186 Å². The van der Waals surface area contributed by atoms with Gasteiger partial charge in [0.25, 0.3) is 0 Å². The molecule has 0 radical (unpaired) electrons. The molecule has 2 nitrogen and oxygen atoms in total. The van der Waals surface area contributed by atoms with Gasteiger partial charge in [0.1, 0.15) is 24.3 Å². The fraction of sp³-hybridized carbons (Fsp3) is 0.359. The molecule has 1 unspecified atom stereocenters. The van der Waals surface area contributed by atoms with Gasteiger partial charge in [-0.15, -0.1) is 0 Å².